The zero-order valence-corrected chi connectivity index (χ0v) is 13.7. The van der Waals surface area contributed by atoms with Crippen molar-refractivity contribution in [3.63, 3.8) is 0 Å². The van der Waals surface area contributed by atoms with Crippen molar-refractivity contribution in [1.29, 1.82) is 0 Å². The van der Waals surface area contributed by atoms with E-state index in [1.54, 1.807) is 7.11 Å². The minimum absolute atomic E-state index is 0.244. The van der Waals surface area contributed by atoms with Crippen molar-refractivity contribution in [2.45, 2.75) is 6.04 Å². The van der Waals surface area contributed by atoms with Crippen LogP contribution in [0, 0.1) is 0 Å². The lowest BCUT2D eigenvalue weighted by Crippen LogP contribution is -2.29. The molecule has 1 atom stereocenters. The highest BCUT2D eigenvalue weighted by Gasteiger charge is 2.18. The molecule has 0 aliphatic heterocycles. The van der Waals surface area contributed by atoms with Gasteiger partial charge in [-0.1, -0.05) is 42.5 Å². The fourth-order valence-electron chi connectivity index (χ4n) is 2.57. The van der Waals surface area contributed by atoms with Gasteiger partial charge in [0, 0.05) is 12.3 Å². The predicted octanol–water partition coefficient (Wildman–Crippen LogP) is 2.90. The largest absolute Gasteiger partial charge is 0.497 e. The molecule has 0 bridgehead atoms. The van der Waals surface area contributed by atoms with E-state index in [-0.39, 0.29) is 17.5 Å². The number of ether oxygens (including phenoxy) is 1. The van der Waals surface area contributed by atoms with Gasteiger partial charge in [-0.3, -0.25) is 9.59 Å². The molecule has 0 saturated heterocycles. The standard InChI is InChI=1S/C20H18N2O3/c1-25-17-10-7-15(8-11-17)19(14-5-3-2-4-6-14)22-20(24)16-9-12-18(23)21-13-16/h2-13,19H,1H3,(H,21,23)(H,22,24)/t19-/m1/s1. The molecule has 0 saturated carbocycles. The van der Waals surface area contributed by atoms with Gasteiger partial charge < -0.3 is 15.0 Å². The van der Waals surface area contributed by atoms with E-state index in [0.29, 0.717) is 5.56 Å². The minimum Gasteiger partial charge on any atom is -0.497 e. The van der Waals surface area contributed by atoms with Gasteiger partial charge >= 0.3 is 0 Å². The molecule has 2 aromatic carbocycles. The number of hydrogen-bond donors (Lipinski definition) is 2. The minimum atomic E-state index is -0.313. The number of amides is 1. The lowest BCUT2D eigenvalue weighted by molar-refractivity contribution is 0.0942. The molecule has 0 aliphatic carbocycles. The zero-order chi connectivity index (χ0) is 17.6. The maximum absolute atomic E-state index is 12.6. The van der Waals surface area contributed by atoms with Crippen LogP contribution in [0.3, 0.4) is 0 Å². The molecule has 0 radical (unpaired) electrons. The van der Waals surface area contributed by atoms with Gasteiger partial charge in [0.1, 0.15) is 5.75 Å². The summed E-state index contributed by atoms with van der Waals surface area (Å²) in [5.74, 6) is 0.489. The van der Waals surface area contributed by atoms with Gasteiger partial charge in [-0.2, -0.15) is 0 Å². The van der Waals surface area contributed by atoms with E-state index in [2.05, 4.69) is 10.3 Å². The van der Waals surface area contributed by atoms with Crippen LogP contribution in [0.25, 0.3) is 0 Å². The number of rotatable bonds is 5. The third kappa shape index (κ3) is 3.95. The van der Waals surface area contributed by atoms with Crippen molar-refractivity contribution < 1.29 is 9.53 Å². The number of methoxy groups -OCH3 is 1. The summed E-state index contributed by atoms with van der Waals surface area (Å²) in [5, 5.41) is 3.02. The maximum Gasteiger partial charge on any atom is 0.253 e. The number of benzene rings is 2. The molecule has 0 aliphatic rings. The summed E-state index contributed by atoms with van der Waals surface area (Å²) in [6.07, 6.45) is 1.41. The number of carbonyl (C=O) groups is 1. The molecule has 1 aromatic heterocycles. The number of nitrogens with one attached hydrogen (secondary N) is 2. The monoisotopic (exact) mass is 334 g/mol. The summed E-state index contributed by atoms with van der Waals surface area (Å²) < 4.78 is 5.20. The Kier molecular flexibility index (Phi) is 4.95. The molecule has 3 aromatic rings. The van der Waals surface area contributed by atoms with Crippen LogP contribution in [0.15, 0.2) is 77.7 Å². The van der Waals surface area contributed by atoms with E-state index >= 15 is 0 Å². The van der Waals surface area contributed by atoms with Crippen LogP contribution < -0.4 is 15.6 Å². The quantitative estimate of drug-likeness (QED) is 0.754. The van der Waals surface area contributed by atoms with E-state index in [0.717, 1.165) is 16.9 Å². The molecule has 5 nitrogen and oxygen atoms in total. The lowest BCUT2D eigenvalue weighted by atomic mass is 9.98. The molecule has 0 fully saturated rings. The van der Waals surface area contributed by atoms with Crippen LogP contribution >= 0.6 is 0 Å². The van der Waals surface area contributed by atoms with Crippen LogP contribution in [-0.2, 0) is 0 Å². The Labute approximate surface area is 145 Å². The molecular weight excluding hydrogens is 316 g/mol. The lowest BCUT2D eigenvalue weighted by Gasteiger charge is -2.20. The Morgan fingerprint density at radius 2 is 1.64 bits per heavy atom. The SMILES string of the molecule is COc1ccc([C@H](NC(=O)c2ccc(=O)[nH]c2)c2ccccc2)cc1. The smallest absolute Gasteiger partial charge is 0.253 e. The summed E-state index contributed by atoms with van der Waals surface area (Å²) >= 11 is 0. The molecule has 1 heterocycles. The number of aromatic amines is 1. The molecule has 126 valence electrons. The van der Waals surface area contributed by atoms with Crippen molar-refractivity contribution in [3.05, 3.63) is 100.0 Å². The van der Waals surface area contributed by atoms with Crippen LogP contribution in [0.1, 0.15) is 27.5 Å². The van der Waals surface area contributed by atoms with Crippen molar-refractivity contribution in [1.82, 2.24) is 10.3 Å². The molecule has 0 spiro atoms. The van der Waals surface area contributed by atoms with E-state index in [4.69, 9.17) is 4.74 Å². The van der Waals surface area contributed by atoms with E-state index in [1.807, 2.05) is 54.6 Å². The third-order valence-electron chi connectivity index (χ3n) is 3.90. The summed E-state index contributed by atoms with van der Waals surface area (Å²) in [7, 11) is 1.61. The van der Waals surface area contributed by atoms with Crippen LogP contribution in [-0.4, -0.2) is 18.0 Å². The summed E-state index contributed by atoms with van der Waals surface area (Å²) in [4.78, 5) is 26.3. The Morgan fingerprint density at radius 1 is 0.960 bits per heavy atom. The van der Waals surface area contributed by atoms with Gasteiger partial charge in [-0.05, 0) is 29.3 Å². The second-order valence-corrected chi connectivity index (χ2v) is 5.53. The van der Waals surface area contributed by atoms with Crippen LogP contribution in [0.4, 0.5) is 0 Å². The van der Waals surface area contributed by atoms with E-state index in [1.165, 1.54) is 18.3 Å². The fraction of sp³-hybridized carbons (Fsp3) is 0.100. The average molecular weight is 334 g/mol. The van der Waals surface area contributed by atoms with Gasteiger partial charge in [-0.25, -0.2) is 0 Å². The summed E-state index contributed by atoms with van der Waals surface area (Å²) in [5.41, 5.74) is 2.05. The first-order chi connectivity index (χ1) is 12.2. The third-order valence-corrected chi connectivity index (χ3v) is 3.90. The van der Waals surface area contributed by atoms with Crippen molar-refractivity contribution in [2.24, 2.45) is 0 Å². The van der Waals surface area contributed by atoms with Gasteiger partial charge in [-0.15, -0.1) is 0 Å². The normalized spacial score (nSPS) is 11.6. The molecular formula is C20H18N2O3. The maximum atomic E-state index is 12.6. The van der Waals surface area contributed by atoms with Gasteiger partial charge in [0.05, 0.1) is 18.7 Å². The van der Waals surface area contributed by atoms with Crippen LogP contribution in [0.2, 0.25) is 0 Å². The van der Waals surface area contributed by atoms with Crippen molar-refractivity contribution in [3.8, 4) is 5.75 Å². The summed E-state index contributed by atoms with van der Waals surface area (Å²) in [6.45, 7) is 0. The number of hydrogen-bond acceptors (Lipinski definition) is 3. The van der Waals surface area contributed by atoms with Gasteiger partial charge in [0.25, 0.3) is 5.91 Å². The number of carbonyl (C=O) groups excluding carboxylic acids is 1. The second-order valence-electron chi connectivity index (χ2n) is 5.53. The highest BCUT2D eigenvalue weighted by Crippen LogP contribution is 2.24. The topological polar surface area (TPSA) is 71.2 Å². The Morgan fingerprint density at radius 3 is 2.24 bits per heavy atom. The Bertz CT molecular complexity index is 882. The van der Waals surface area contributed by atoms with Crippen molar-refractivity contribution in [2.75, 3.05) is 7.11 Å². The van der Waals surface area contributed by atoms with Gasteiger partial charge in [0.2, 0.25) is 5.56 Å². The van der Waals surface area contributed by atoms with Gasteiger partial charge in [0.15, 0.2) is 0 Å². The molecule has 5 heteroatoms. The molecule has 3 rings (SSSR count). The molecule has 25 heavy (non-hydrogen) atoms. The second kappa shape index (κ2) is 7.49. The van der Waals surface area contributed by atoms with E-state index < -0.39 is 0 Å². The highest BCUT2D eigenvalue weighted by atomic mass is 16.5. The van der Waals surface area contributed by atoms with Crippen molar-refractivity contribution >= 4 is 5.91 Å². The summed E-state index contributed by atoms with van der Waals surface area (Å²) in [6, 6.07) is 19.8. The number of H-pyrrole nitrogens is 1. The van der Waals surface area contributed by atoms with E-state index in [9.17, 15) is 9.59 Å². The zero-order valence-electron chi connectivity index (χ0n) is 13.7. The molecule has 0 unspecified atom stereocenters. The first-order valence-corrected chi connectivity index (χ1v) is 7.86. The first kappa shape index (κ1) is 16.5. The number of pyridine rings is 1. The Hall–Kier alpha value is -3.34. The van der Waals surface area contributed by atoms with Crippen LogP contribution in [0.5, 0.6) is 5.75 Å². The number of aromatic nitrogens is 1. The fourth-order valence-corrected chi connectivity index (χ4v) is 2.57. The molecule has 2 N–H and O–H groups in total. The molecule has 1 amide bonds. The highest BCUT2D eigenvalue weighted by molar-refractivity contribution is 5.94. The average Bonchev–Trinajstić information content (AvgIpc) is 2.67. The first-order valence-electron chi connectivity index (χ1n) is 7.86. The Balaban J connectivity index is 1.92. The predicted molar refractivity (Wildman–Crippen MR) is 95.8 cm³/mol.